The normalized spacial score (nSPS) is 12.2. The lowest BCUT2D eigenvalue weighted by Gasteiger charge is -2.17. The van der Waals surface area contributed by atoms with Gasteiger partial charge >= 0.3 is 0 Å². The van der Waals surface area contributed by atoms with E-state index in [0.717, 1.165) is 22.8 Å². The summed E-state index contributed by atoms with van der Waals surface area (Å²) in [6, 6.07) is 9.66. The summed E-state index contributed by atoms with van der Waals surface area (Å²) in [5, 5.41) is 3.23. The van der Waals surface area contributed by atoms with Gasteiger partial charge in [-0.15, -0.1) is 0 Å². The smallest absolute Gasteiger partial charge is 0.142 e. The number of rotatable bonds is 4. The minimum Gasteiger partial charge on any atom is -0.495 e. The van der Waals surface area contributed by atoms with Crippen molar-refractivity contribution in [2.75, 3.05) is 14.2 Å². The van der Waals surface area contributed by atoms with Gasteiger partial charge in [0.05, 0.1) is 18.8 Å². The zero-order valence-corrected chi connectivity index (χ0v) is 10.8. The average Bonchev–Trinajstić information content (AvgIpc) is 2.40. The van der Waals surface area contributed by atoms with E-state index in [0.29, 0.717) is 0 Å². The third-order valence-corrected chi connectivity index (χ3v) is 2.79. The van der Waals surface area contributed by atoms with Crippen LogP contribution in [0.25, 0.3) is 0 Å². The summed E-state index contributed by atoms with van der Waals surface area (Å²) >= 11 is 0. The number of hydrogen-bond donors (Lipinski definition) is 1. The summed E-state index contributed by atoms with van der Waals surface area (Å²) in [6.07, 6.45) is 1.76. The standard InChI is InChI=1S/C14H17N3O/c1-10-6-4-7-11(17-10)13(15-2)14-12(18-3)8-5-9-16-14/h4-9,13,15H,1-3H3. The molecule has 18 heavy (non-hydrogen) atoms. The third-order valence-electron chi connectivity index (χ3n) is 2.79. The van der Waals surface area contributed by atoms with E-state index < -0.39 is 0 Å². The Morgan fingerprint density at radius 1 is 1.22 bits per heavy atom. The van der Waals surface area contributed by atoms with Crippen LogP contribution >= 0.6 is 0 Å². The average molecular weight is 243 g/mol. The van der Waals surface area contributed by atoms with Crippen molar-refractivity contribution in [2.24, 2.45) is 0 Å². The Balaban J connectivity index is 2.45. The van der Waals surface area contributed by atoms with Crippen molar-refractivity contribution in [3.63, 3.8) is 0 Å². The van der Waals surface area contributed by atoms with Crippen LogP contribution in [0.15, 0.2) is 36.5 Å². The van der Waals surface area contributed by atoms with Gasteiger partial charge in [0.1, 0.15) is 11.4 Å². The molecular formula is C14H17N3O. The van der Waals surface area contributed by atoms with E-state index in [1.807, 2.05) is 44.3 Å². The molecule has 2 aromatic rings. The van der Waals surface area contributed by atoms with Gasteiger partial charge < -0.3 is 10.1 Å². The largest absolute Gasteiger partial charge is 0.495 e. The van der Waals surface area contributed by atoms with Gasteiger partial charge in [-0.05, 0) is 38.2 Å². The lowest BCUT2D eigenvalue weighted by atomic mass is 10.1. The summed E-state index contributed by atoms with van der Waals surface area (Å²) in [7, 11) is 3.54. The summed E-state index contributed by atoms with van der Waals surface area (Å²) in [5.41, 5.74) is 2.78. The molecule has 0 radical (unpaired) electrons. The second kappa shape index (κ2) is 5.60. The van der Waals surface area contributed by atoms with E-state index in [9.17, 15) is 0 Å². The summed E-state index contributed by atoms with van der Waals surface area (Å²) in [5.74, 6) is 0.764. The maximum absolute atomic E-state index is 5.35. The molecule has 1 N–H and O–H groups in total. The molecule has 2 heterocycles. The van der Waals surface area contributed by atoms with Gasteiger partial charge in [-0.3, -0.25) is 9.97 Å². The number of nitrogens with one attached hydrogen (secondary N) is 1. The first-order chi connectivity index (χ1) is 8.76. The summed E-state index contributed by atoms with van der Waals surface area (Å²) in [4.78, 5) is 8.94. The van der Waals surface area contributed by atoms with Gasteiger partial charge in [0.15, 0.2) is 0 Å². The molecule has 2 aromatic heterocycles. The van der Waals surface area contributed by atoms with Gasteiger partial charge in [-0.1, -0.05) is 6.07 Å². The molecule has 0 spiro atoms. The molecule has 0 bridgehead atoms. The highest BCUT2D eigenvalue weighted by Gasteiger charge is 2.18. The second-order valence-corrected chi connectivity index (χ2v) is 4.02. The van der Waals surface area contributed by atoms with Crippen molar-refractivity contribution in [3.05, 3.63) is 53.6 Å². The molecule has 94 valence electrons. The van der Waals surface area contributed by atoms with E-state index in [4.69, 9.17) is 4.74 Å². The Morgan fingerprint density at radius 2 is 2.06 bits per heavy atom. The first-order valence-corrected chi connectivity index (χ1v) is 5.86. The van der Waals surface area contributed by atoms with Crippen LogP contribution in [0.2, 0.25) is 0 Å². The Kier molecular flexibility index (Phi) is 3.89. The van der Waals surface area contributed by atoms with Crippen molar-refractivity contribution in [1.82, 2.24) is 15.3 Å². The van der Waals surface area contributed by atoms with Crippen LogP contribution in [-0.2, 0) is 0 Å². The Bertz CT molecular complexity index is 528. The lowest BCUT2D eigenvalue weighted by molar-refractivity contribution is 0.401. The minimum absolute atomic E-state index is 0.0685. The van der Waals surface area contributed by atoms with E-state index in [2.05, 4.69) is 15.3 Å². The van der Waals surface area contributed by atoms with Crippen LogP contribution in [-0.4, -0.2) is 24.1 Å². The molecule has 0 aliphatic carbocycles. The quantitative estimate of drug-likeness (QED) is 0.893. The van der Waals surface area contributed by atoms with Crippen molar-refractivity contribution in [3.8, 4) is 5.75 Å². The Labute approximate surface area is 107 Å². The van der Waals surface area contributed by atoms with E-state index >= 15 is 0 Å². The fourth-order valence-corrected chi connectivity index (χ4v) is 1.94. The number of aryl methyl sites for hydroxylation is 1. The molecular weight excluding hydrogens is 226 g/mol. The monoisotopic (exact) mass is 243 g/mol. The predicted molar refractivity (Wildman–Crippen MR) is 70.7 cm³/mol. The number of aromatic nitrogens is 2. The lowest BCUT2D eigenvalue weighted by Crippen LogP contribution is -2.21. The molecule has 0 aliphatic heterocycles. The molecule has 1 unspecified atom stereocenters. The highest BCUT2D eigenvalue weighted by molar-refractivity contribution is 5.34. The fourth-order valence-electron chi connectivity index (χ4n) is 1.94. The van der Waals surface area contributed by atoms with Crippen LogP contribution in [0, 0.1) is 6.92 Å². The maximum atomic E-state index is 5.35. The molecule has 4 nitrogen and oxygen atoms in total. The number of hydrogen-bond acceptors (Lipinski definition) is 4. The summed E-state index contributed by atoms with van der Waals surface area (Å²) < 4.78 is 5.35. The summed E-state index contributed by atoms with van der Waals surface area (Å²) in [6.45, 7) is 1.98. The van der Waals surface area contributed by atoms with Gasteiger partial charge in [-0.25, -0.2) is 0 Å². The van der Waals surface area contributed by atoms with Crippen LogP contribution in [0.3, 0.4) is 0 Å². The first-order valence-electron chi connectivity index (χ1n) is 5.86. The SMILES string of the molecule is CNC(c1cccc(C)n1)c1ncccc1OC. The Hall–Kier alpha value is -1.94. The van der Waals surface area contributed by atoms with Gasteiger partial charge in [-0.2, -0.15) is 0 Å². The molecule has 0 saturated heterocycles. The van der Waals surface area contributed by atoms with E-state index in [1.54, 1.807) is 13.3 Å². The van der Waals surface area contributed by atoms with E-state index in [1.165, 1.54) is 0 Å². The molecule has 4 heteroatoms. The molecule has 1 atom stereocenters. The Morgan fingerprint density at radius 3 is 2.72 bits per heavy atom. The zero-order valence-electron chi connectivity index (χ0n) is 10.8. The van der Waals surface area contributed by atoms with Crippen LogP contribution in [0.1, 0.15) is 23.1 Å². The highest BCUT2D eigenvalue weighted by Crippen LogP contribution is 2.26. The first kappa shape index (κ1) is 12.5. The number of pyridine rings is 2. The second-order valence-electron chi connectivity index (χ2n) is 4.02. The van der Waals surface area contributed by atoms with Crippen LogP contribution in [0.5, 0.6) is 5.75 Å². The molecule has 0 saturated carbocycles. The van der Waals surface area contributed by atoms with Crippen molar-refractivity contribution >= 4 is 0 Å². The van der Waals surface area contributed by atoms with Gasteiger partial charge in [0.25, 0.3) is 0 Å². The maximum Gasteiger partial charge on any atom is 0.142 e. The van der Waals surface area contributed by atoms with Crippen molar-refractivity contribution < 1.29 is 4.74 Å². The molecule has 0 fully saturated rings. The van der Waals surface area contributed by atoms with E-state index in [-0.39, 0.29) is 6.04 Å². The third kappa shape index (κ3) is 2.49. The highest BCUT2D eigenvalue weighted by atomic mass is 16.5. The number of nitrogens with zero attached hydrogens (tertiary/aromatic N) is 2. The van der Waals surface area contributed by atoms with Crippen LogP contribution in [0.4, 0.5) is 0 Å². The van der Waals surface area contributed by atoms with Gasteiger partial charge in [0.2, 0.25) is 0 Å². The molecule has 2 rings (SSSR count). The fraction of sp³-hybridized carbons (Fsp3) is 0.286. The zero-order chi connectivity index (χ0) is 13.0. The predicted octanol–water partition coefficient (Wildman–Crippen LogP) is 2.10. The topological polar surface area (TPSA) is 47.0 Å². The van der Waals surface area contributed by atoms with Crippen molar-refractivity contribution in [1.29, 1.82) is 0 Å². The number of methoxy groups -OCH3 is 1. The molecule has 0 aromatic carbocycles. The minimum atomic E-state index is -0.0685. The number of ether oxygens (including phenoxy) is 1. The van der Waals surface area contributed by atoms with Crippen LogP contribution < -0.4 is 10.1 Å². The molecule has 0 amide bonds. The van der Waals surface area contributed by atoms with Crippen molar-refractivity contribution in [2.45, 2.75) is 13.0 Å². The molecule has 0 aliphatic rings. The van der Waals surface area contributed by atoms with Gasteiger partial charge in [0, 0.05) is 11.9 Å².